The lowest BCUT2D eigenvalue weighted by Crippen LogP contribution is -2.35. The van der Waals surface area contributed by atoms with Gasteiger partial charge in [-0.25, -0.2) is 13.4 Å². The Morgan fingerprint density at radius 1 is 1.22 bits per heavy atom. The van der Waals surface area contributed by atoms with Crippen LogP contribution in [0.4, 0.5) is 0 Å². The second kappa shape index (κ2) is 8.62. The molecule has 2 aromatic rings. The molecule has 0 atom stereocenters. The molecular weight excluding hydrogens is 386 g/mol. The summed E-state index contributed by atoms with van der Waals surface area (Å²) < 4.78 is 34.3. The van der Waals surface area contributed by atoms with E-state index in [2.05, 4.69) is 4.98 Å². The number of aromatic nitrogens is 2. The number of rotatable bonds is 7. The number of hydrogen-bond donors (Lipinski definition) is 0. The van der Waals surface area contributed by atoms with Crippen LogP contribution in [-0.4, -0.2) is 53.7 Å². The van der Waals surface area contributed by atoms with E-state index in [-0.39, 0.29) is 16.6 Å². The highest BCUT2D eigenvalue weighted by Crippen LogP contribution is 2.28. The molecule has 0 saturated carbocycles. The number of carbonyl (C=O) groups is 1. The van der Waals surface area contributed by atoms with E-state index < -0.39 is 10.0 Å². The van der Waals surface area contributed by atoms with Gasteiger partial charge in [-0.3, -0.25) is 4.79 Å². The quantitative estimate of drug-likeness (QED) is 0.515. The smallest absolute Gasteiger partial charge is 0.316 e. The van der Waals surface area contributed by atoms with Crippen molar-refractivity contribution in [2.45, 2.75) is 49.7 Å². The van der Waals surface area contributed by atoms with Gasteiger partial charge in [0.15, 0.2) is 5.16 Å². The number of imidazole rings is 1. The predicted octanol–water partition coefficient (Wildman–Crippen LogP) is 2.89. The van der Waals surface area contributed by atoms with Gasteiger partial charge < -0.3 is 9.30 Å². The Hall–Kier alpha value is -1.58. The van der Waals surface area contributed by atoms with Crippen LogP contribution < -0.4 is 0 Å². The molecule has 27 heavy (non-hydrogen) atoms. The zero-order valence-corrected chi connectivity index (χ0v) is 17.3. The van der Waals surface area contributed by atoms with Gasteiger partial charge in [-0.2, -0.15) is 4.31 Å². The van der Waals surface area contributed by atoms with Crippen molar-refractivity contribution < 1.29 is 17.9 Å². The van der Waals surface area contributed by atoms with Crippen LogP contribution in [0.2, 0.25) is 0 Å². The maximum absolute atomic E-state index is 12.9. The summed E-state index contributed by atoms with van der Waals surface area (Å²) >= 11 is 1.30. The van der Waals surface area contributed by atoms with Gasteiger partial charge in [0.05, 0.1) is 28.3 Å². The van der Waals surface area contributed by atoms with Crippen molar-refractivity contribution in [1.29, 1.82) is 0 Å². The molecule has 148 valence electrons. The maximum Gasteiger partial charge on any atom is 0.316 e. The molecule has 1 fully saturated rings. The Balaban J connectivity index is 1.90. The van der Waals surface area contributed by atoms with Crippen LogP contribution in [0.3, 0.4) is 0 Å². The average molecular weight is 412 g/mol. The molecule has 9 heteroatoms. The molecule has 0 unspecified atom stereocenters. The lowest BCUT2D eigenvalue weighted by molar-refractivity contribution is -0.139. The molecule has 1 saturated heterocycles. The summed E-state index contributed by atoms with van der Waals surface area (Å²) in [5.41, 5.74) is 1.49. The Morgan fingerprint density at radius 2 is 1.96 bits per heavy atom. The third-order valence-electron chi connectivity index (χ3n) is 4.58. The first kappa shape index (κ1) is 20.2. The number of fused-ring (bicyclic) bond motifs is 1. The minimum absolute atomic E-state index is 0.177. The summed E-state index contributed by atoms with van der Waals surface area (Å²) in [6, 6.07) is 5.09. The number of carbonyl (C=O) groups excluding carboxylic acids is 1. The highest BCUT2D eigenvalue weighted by atomic mass is 32.2. The summed E-state index contributed by atoms with van der Waals surface area (Å²) in [6.07, 6.45) is 2.88. The zero-order chi connectivity index (χ0) is 19.4. The maximum atomic E-state index is 12.9. The summed E-state index contributed by atoms with van der Waals surface area (Å²) in [5, 5.41) is 0.688. The molecule has 0 aliphatic carbocycles. The summed E-state index contributed by atoms with van der Waals surface area (Å²) in [4.78, 5) is 16.5. The molecule has 1 aromatic carbocycles. The van der Waals surface area contributed by atoms with Gasteiger partial charge in [0.1, 0.15) is 0 Å². The second-order valence-corrected chi connectivity index (χ2v) is 9.23. The van der Waals surface area contributed by atoms with Crippen LogP contribution in [0.5, 0.6) is 0 Å². The van der Waals surface area contributed by atoms with E-state index in [9.17, 15) is 13.2 Å². The molecule has 0 radical (unpaired) electrons. The summed E-state index contributed by atoms with van der Waals surface area (Å²) in [6.45, 7) is 5.94. The topological polar surface area (TPSA) is 81.5 Å². The lowest BCUT2D eigenvalue weighted by atomic mass is 10.2. The van der Waals surface area contributed by atoms with Crippen LogP contribution in [0.25, 0.3) is 11.0 Å². The van der Waals surface area contributed by atoms with Crippen LogP contribution in [0.1, 0.15) is 33.1 Å². The van der Waals surface area contributed by atoms with Gasteiger partial charge >= 0.3 is 5.97 Å². The number of sulfonamides is 1. The molecule has 7 nitrogen and oxygen atoms in total. The van der Waals surface area contributed by atoms with E-state index in [4.69, 9.17) is 4.74 Å². The molecule has 0 N–H and O–H groups in total. The first-order valence-corrected chi connectivity index (χ1v) is 11.7. The van der Waals surface area contributed by atoms with E-state index in [1.165, 1.54) is 11.8 Å². The Kier molecular flexibility index (Phi) is 6.44. The number of thioether (sulfide) groups is 1. The third-order valence-corrected chi connectivity index (χ3v) is 7.42. The highest BCUT2D eigenvalue weighted by Gasteiger charge is 2.26. The first-order valence-electron chi connectivity index (χ1n) is 9.26. The number of ether oxygens (including phenoxy) is 1. The van der Waals surface area contributed by atoms with Crippen molar-refractivity contribution in [3.05, 3.63) is 18.2 Å². The molecule has 0 bridgehead atoms. The fourth-order valence-corrected chi connectivity index (χ4v) is 5.66. The highest BCUT2D eigenvalue weighted by molar-refractivity contribution is 7.99. The van der Waals surface area contributed by atoms with Gasteiger partial charge in [0, 0.05) is 19.6 Å². The van der Waals surface area contributed by atoms with Crippen LogP contribution in [-0.2, 0) is 26.1 Å². The third kappa shape index (κ3) is 4.30. The van der Waals surface area contributed by atoms with Gasteiger partial charge in [0.25, 0.3) is 0 Å². The van der Waals surface area contributed by atoms with E-state index in [0.717, 1.165) is 24.8 Å². The van der Waals surface area contributed by atoms with Crippen molar-refractivity contribution in [3.8, 4) is 0 Å². The number of hydrogen-bond acceptors (Lipinski definition) is 6. The first-order chi connectivity index (χ1) is 13.0. The Morgan fingerprint density at radius 3 is 2.63 bits per heavy atom. The molecular formula is C18H25N3O4S2. The number of esters is 1. The normalized spacial score (nSPS) is 15.9. The fraction of sp³-hybridized carbons (Fsp3) is 0.556. The van der Waals surface area contributed by atoms with E-state index in [0.29, 0.717) is 36.9 Å². The Labute approximate surface area is 164 Å². The van der Waals surface area contributed by atoms with E-state index in [1.54, 1.807) is 29.4 Å². The fourth-order valence-electron chi connectivity index (χ4n) is 3.24. The molecule has 0 spiro atoms. The number of nitrogens with zero attached hydrogens (tertiary/aromatic N) is 3. The largest absolute Gasteiger partial charge is 0.465 e. The second-order valence-electron chi connectivity index (χ2n) is 6.35. The zero-order valence-electron chi connectivity index (χ0n) is 15.7. The lowest BCUT2D eigenvalue weighted by Gasteiger charge is -2.25. The van der Waals surface area contributed by atoms with Crippen LogP contribution >= 0.6 is 11.8 Å². The average Bonchev–Trinajstić information content (AvgIpc) is 3.04. The molecule has 1 aromatic heterocycles. The van der Waals surface area contributed by atoms with Crippen molar-refractivity contribution in [1.82, 2.24) is 13.9 Å². The molecule has 2 heterocycles. The van der Waals surface area contributed by atoms with E-state index >= 15 is 0 Å². The number of aryl methyl sites for hydroxylation is 1. The van der Waals surface area contributed by atoms with Crippen LogP contribution in [0.15, 0.2) is 28.3 Å². The van der Waals surface area contributed by atoms with Gasteiger partial charge in [0.2, 0.25) is 10.0 Å². The predicted molar refractivity (Wildman–Crippen MR) is 105 cm³/mol. The number of piperidine rings is 1. The molecule has 1 aliphatic rings. The van der Waals surface area contributed by atoms with Crippen molar-refractivity contribution in [3.63, 3.8) is 0 Å². The van der Waals surface area contributed by atoms with Gasteiger partial charge in [-0.05, 0) is 44.9 Å². The summed E-state index contributed by atoms with van der Waals surface area (Å²) in [5.74, 6) is -0.110. The van der Waals surface area contributed by atoms with Gasteiger partial charge in [-0.1, -0.05) is 18.2 Å². The SMILES string of the molecule is CCOC(=O)CSc1nc2cc(S(=O)(=O)N3CCCCC3)ccc2n1CC. The van der Waals surface area contributed by atoms with E-state index in [1.807, 2.05) is 11.5 Å². The monoisotopic (exact) mass is 411 g/mol. The molecule has 3 rings (SSSR count). The minimum atomic E-state index is -3.49. The van der Waals surface area contributed by atoms with Crippen LogP contribution in [0, 0.1) is 0 Å². The number of benzene rings is 1. The van der Waals surface area contributed by atoms with Crippen molar-refractivity contribution >= 4 is 38.8 Å². The van der Waals surface area contributed by atoms with Crippen molar-refractivity contribution in [2.75, 3.05) is 25.4 Å². The van der Waals surface area contributed by atoms with Crippen molar-refractivity contribution in [2.24, 2.45) is 0 Å². The molecule has 1 aliphatic heterocycles. The Bertz CT molecular complexity index is 918. The minimum Gasteiger partial charge on any atom is -0.465 e. The standard InChI is InChI=1S/C18H25N3O4S2/c1-3-21-16-9-8-14(27(23,24)20-10-6-5-7-11-20)12-15(16)19-18(21)26-13-17(22)25-4-2/h8-9,12H,3-7,10-11,13H2,1-2H3. The van der Waals surface area contributed by atoms with Gasteiger partial charge in [-0.15, -0.1) is 0 Å². The summed E-state index contributed by atoms with van der Waals surface area (Å²) in [7, 11) is -3.49. The molecule has 0 amide bonds.